The number of nitrogens with one attached hydrogen (secondary N) is 1. The Hall–Kier alpha value is -2.90. The van der Waals surface area contributed by atoms with Crippen LogP contribution in [-0.4, -0.2) is 48.7 Å². The number of anilines is 1. The summed E-state index contributed by atoms with van der Waals surface area (Å²) in [6, 6.07) is 11.2. The maximum atomic E-state index is 13.4. The van der Waals surface area contributed by atoms with Crippen LogP contribution in [0.4, 0.5) is 10.5 Å². The Labute approximate surface area is 189 Å². The number of amides is 4. The van der Waals surface area contributed by atoms with Gasteiger partial charge in [0.15, 0.2) is 0 Å². The van der Waals surface area contributed by atoms with Crippen LogP contribution < -0.4 is 10.2 Å². The van der Waals surface area contributed by atoms with Crippen molar-refractivity contribution >= 4 is 52.5 Å². The average Bonchev–Trinajstić information content (AvgIpc) is 2.99. The molecule has 31 heavy (non-hydrogen) atoms. The molecule has 2 aromatic carbocycles. The van der Waals surface area contributed by atoms with Crippen LogP contribution in [0.2, 0.25) is 10.0 Å². The smallest absolute Gasteiger partial charge is 0.323 e. The molecule has 162 valence electrons. The lowest BCUT2D eigenvalue weighted by molar-refractivity contribution is -0.135. The predicted molar refractivity (Wildman–Crippen MR) is 119 cm³/mol. The molecule has 0 saturated heterocycles. The highest BCUT2D eigenvalue weighted by molar-refractivity contribution is 6.31. The van der Waals surface area contributed by atoms with Crippen LogP contribution in [0.25, 0.3) is 0 Å². The van der Waals surface area contributed by atoms with E-state index in [2.05, 4.69) is 5.32 Å². The van der Waals surface area contributed by atoms with Crippen molar-refractivity contribution in [2.45, 2.75) is 19.3 Å². The normalized spacial score (nSPS) is 14.9. The van der Waals surface area contributed by atoms with Crippen molar-refractivity contribution in [1.82, 2.24) is 10.2 Å². The van der Waals surface area contributed by atoms with E-state index < -0.39 is 23.8 Å². The monoisotopic (exact) mass is 461 g/mol. The number of nitrogens with zero attached hydrogens (tertiary/aromatic N) is 2. The van der Waals surface area contributed by atoms with Crippen molar-refractivity contribution in [2.75, 3.05) is 25.0 Å². The molecule has 0 bridgehead atoms. The lowest BCUT2D eigenvalue weighted by Gasteiger charge is -2.23. The topological polar surface area (TPSA) is 86.8 Å². The fourth-order valence-electron chi connectivity index (χ4n) is 3.57. The van der Waals surface area contributed by atoms with Gasteiger partial charge in [-0.3, -0.25) is 19.3 Å². The van der Waals surface area contributed by atoms with E-state index in [0.717, 1.165) is 10.5 Å². The molecule has 1 N–H and O–H groups in total. The van der Waals surface area contributed by atoms with Gasteiger partial charge in [0.1, 0.15) is 11.7 Å². The van der Waals surface area contributed by atoms with Gasteiger partial charge >= 0.3 is 6.03 Å². The molecule has 4 amide bonds. The molecule has 1 atom stereocenters. The molecule has 1 aliphatic rings. The van der Waals surface area contributed by atoms with Crippen LogP contribution >= 0.6 is 23.2 Å². The van der Waals surface area contributed by atoms with E-state index in [1.165, 1.54) is 24.9 Å². The van der Waals surface area contributed by atoms with E-state index in [4.69, 9.17) is 23.2 Å². The fourth-order valence-corrected chi connectivity index (χ4v) is 3.98. The van der Waals surface area contributed by atoms with Gasteiger partial charge in [0.05, 0.1) is 6.54 Å². The van der Waals surface area contributed by atoms with Crippen molar-refractivity contribution in [3.8, 4) is 0 Å². The lowest BCUT2D eigenvalue weighted by Crippen LogP contribution is -2.48. The summed E-state index contributed by atoms with van der Waals surface area (Å²) in [4.78, 5) is 53.0. The van der Waals surface area contributed by atoms with Gasteiger partial charge in [0, 0.05) is 29.3 Å². The summed E-state index contributed by atoms with van der Waals surface area (Å²) in [5.41, 5.74) is 1.58. The van der Waals surface area contributed by atoms with Gasteiger partial charge in [-0.1, -0.05) is 41.4 Å². The minimum absolute atomic E-state index is 0.0224. The Morgan fingerprint density at radius 1 is 1.13 bits per heavy atom. The van der Waals surface area contributed by atoms with Crippen molar-refractivity contribution in [1.29, 1.82) is 0 Å². The first-order chi connectivity index (χ1) is 14.7. The first-order valence-corrected chi connectivity index (χ1v) is 10.4. The van der Waals surface area contributed by atoms with E-state index in [1.807, 2.05) is 6.07 Å². The number of Topliss-reactive ketones (excluding diaryl/α,β-unsaturated/α-hetero) is 1. The third kappa shape index (κ3) is 4.73. The molecular formula is C22H21Cl2N3O4. The van der Waals surface area contributed by atoms with Crippen LogP contribution in [0.15, 0.2) is 42.5 Å². The molecule has 3 rings (SSSR count). The molecule has 0 saturated carbocycles. The fraction of sp³-hybridized carbons (Fsp3) is 0.273. The molecule has 1 heterocycles. The van der Waals surface area contributed by atoms with Gasteiger partial charge in [0.25, 0.3) is 0 Å². The zero-order chi connectivity index (χ0) is 22.7. The van der Waals surface area contributed by atoms with Gasteiger partial charge in [-0.15, -0.1) is 0 Å². The Bertz CT molecular complexity index is 1060. The van der Waals surface area contributed by atoms with Crippen LogP contribution in [0.1, 0.15) is 24.0 Å². The number of fused-ring (bicyclic) bond motifs is 1. The first-order valence-electron chi connectivity index (χ1n) is 9.61. The molecular weight excluding hydrogens is 441 g/mol. The number of carbonyl (C=O) groups is 4. The number of benzene rings is 2. The van der Waals surface area contributed by atoms with Crippen molar-refractivity contribution in [3.63, 3.8) is 0 Å². The Morgan fingerprint density at radius 3 is 2.48 bits per heavy atom. The first kappa shape index (κ1) is 22.8. The minimum Gasteiger partial charge on any atom is -0.341 e. The quantitative estimate of drug-likeness (QED) is 0.667. The Morgan fingerprint density at radius 2 is 1.84 bits per heavy atom. The zero-order valence-corrected chi connectivity index (χ0v) is 18.5. The maximum Gasteiger partial charge on any atom is 0.323 e. The zero-order valence-electron chi connectivity index (χ0n) is 17.0. The van der Waals surface area contributed by atoms with Gasteiger partial charge in [-0.25, -0.2) is 4.79 Å². The van der Waals surface area contributed by atoms with Gasteiger partial charge in [-0.05, 0) is 48.7 Å². The minimum atomic E-state index is -1.27. The van der Waals surface area contributed by atoms with Crippen molar-refractivity contribution in [2.24, 2.45) is 0 Å². The summed E-state index contributed by atoms with van der Waals surface area (Å²) >= 11 is 12.3. The highest BCUT2D eigenvalue weighted by Crippen LogP contribution is 2.40. The molecule has 0 aromatic heterocycles. The van der Waals surface area contributed by atoms with Gasteiger partial charge in [0.2, 0.25) is 11.8 Å². The van der Waals surface area contributed by atoms with Crippen LogP contribution in [0.5, 0.6) is 0 Å². The maximum absolute atomic E-state index is 13.4. The number of rotatable bonds is 6. The molecule has 1 aliphatic heterocycles. The number of halogens is 2. The summed E-state index contributed by atoms with van der Waals surface area (Å²) in [5.74, 6) is -2.75. The number of imide groups is 1. The van der Waals surface area contributed by atoms with Crippen LogP contribution in [-0.2, 0) is 20.8 Å². The standard InChI is InChI=1S/C22H21Cl2N3O4/c1-13(28)12-27-18-8-7-15(23)11-16(18)19(21(27)30)20(29)26(22(31)25-2)10-9-14-5-3-4-6-17(14)24/h3-8,11,19H,9-10,12H2,1-2H3,(H,25,31). The molecule has 1 unspecified atom stereocenters. The average molecular weight is 462 g/mol. The second-order valence-corrected chi connectivity index (χ2v) is 7.99. The third-order valence-electron chi connectivity index (χ3n) is 5.02. The SMILES string of the molecule is CNC(=O)N(CCc1ccccc1Cl)C(=O)C1C(=O)N(CC(C)=O)c2ccc(Cl)cc21. The molecule has 0 fully saturated rings. The molecule has 0 aliphatic carbocycles. The molecule has 2 aromatic rings. The highest BCUT2D eigenvalue weighted by atomic mass is 35.5. The van der Waals surface area contributed by atoms with Crippen molar-refractivity contribution in [3.05, 3.63) is 63.6 Å². The summed E-state index contributed by atoms with van der Waals surface area (Å²) in [5, 5.41) is 3.31. The van der Waals surface area contributed by atoms with E-state index >= 15 is 0 Å². The largest absolute Gasteiger partial charge is 0.341 e. The highest BCUT2D eigenvalue weighted by Gasteiger charge is 2.45. The van der Waals surface area contributed by atoms with E-state index in [0.29, 0.717) is 27.7 Å². The van der Waals surface area contributed by atoms with Gasteiger partial charge in [-0.2, -0.15) is 0 Å². The Kier molecular flexibility index (Phi) is 6.97. The number of carbonyl (C=O) groups excluding carboxylic acids is 4. The van der Waals surface area contributed by atoms with E-state index in [-0.39, 0.29) is 18.9 Å². The molecule has 0 spiro atoms. The van der Waals surface area contributed by atoms with Crippen molar-refractivity contribution < 1.29 is 19.2 Å². The van der Waals surface area contributed by atoms with Crippen LogP contribution in [0.3, 0.4) is 0 Å². The number of urea groups is 1. The third-order valence-corrected chi connectivity index (χ3v) is 5.62. The molecule has 0 radical (unpaired) electrons. The summed E-state index contributed by atoms with van der Waals surface area (Å²) in [6.07, 6.45) is 0.319. The number of hydrogen-bond donors (Lipinski definition) is 1. The summed E-state index contributed by atoms with van der Waals surface area (Å²) in [6.45, 7) is 1.21. The Balaban J connectivity index is 1.94. The summed E-state index contributed by atoms with van der Waals surface area (Å²) in [7, 11) is 1.40. The number of ketones is 1. The van der Waals surface area contributed by atoms with E-state index in [1.54, 1.807) is 30.3 Å². The second-order valence-electron chi connectivity index (χ2n) is 7.15. The van der Waals surface area contributed by atoms with E-state index in [9.17, 15) is 19.2 Å². The lowest BCUT2D eigenvalue weighted by atomic mass is 9.99. The molecule has 7 nitrogen and oxygen atoms in total. The van der Waals surface area contributed by atoms with Crippen LogP contribution in [0, 0.1) is 0 Å². The summed E-state index contributed by atoms with van der Waals surface area (Å²) < 4.78 is 0. The second kappa shape index (κ2) is 9.49. The molecule has 9 heteroatoms. The van der Waals surface area contributed by atoms with Gasteiger partial charge < -0.3 is 10.2 Å². The number of hydrogen-bond acceptors (Lipinski definition) is 4. The predicted octanol–water partition coefficient (Wildman–Crippen LogP) is 3.42.